The number of nitrogens with two attached hydrogens (primary N) is 1. The first-order chi connectivity index (χ1) is 11.6. The standard InChI is InChI=1S/C15H14N6O2S/c16-15(23)10-1-3-12(4-2-10)18-14(22)7-13(11-5-6-24-8-11)21-9-17-19-20-21/h1-6,8-9,13H,7H2,(H2,16,23)(H,18,22)/t13-/m0/s1. The first-order valence-electron chi connectivity index (χ1n) is 7.08. The lowest BCUT2D eigenvalue weighted by molar-refractivity contribution is -0.116. The molecule has 0 unspecified atom stereocenters. The zero-order valence-electron chi connectivity index (χ0n) is 12.5. The molecule has 0 fully saturated rings. The number of amides is 2. The molecule has 2 amide bonds. The Bertz CT molecular complexity index is 780. The van der Waals surface area contributed by atoms with Crippen molar-refractivity contribution in [2.24, 2.45) is 5.73 Å². The molecule has 1 atom stereocenters. The topological polar surface area (TPSA) is 116 Å². The summed E-state index contributed by atoms with van der Waals surface area (Å²) < 4.78 is 1.55. The highest BCUT2D eigenvalue weighted by molar-refractivity contribution is 7.08. The SMILES string of the molecule is NC(=O)c1ccc(NC(=O)C[C@@H](c2ccsc2)n2cnnn2)cc1. The van der Waals surface area contributed by atoms with Gasteiger partial charge >= 0.3 is 0 Å². The molecule has 1 aromatic carbocycles. The van der Waals surface area contributed by atoms with Crippen LogP contribution in [-0.2, 0) is 4.79 Å². The molecular formula is C15H14N6O2S. The van der Waals surface area contributed by atoms with Gasteiger partial charge in [-0.15, -0.1) is 5.10 Å². The third-order valence-corrected chi connectivity index (χ3v) is 4.15. The van der Waals surface area contributed by atoms with Crippen molar-refractivity contribution in [1.29, 1.82) is 0 Å². The smallest absolute Gasteiger partial charge is 0.248 e. The number of anilines is 1. The minimum Gasteiger partial charge on any atom is -0.366 e. The summed E-state index contributed by atoms with van der Waals surface area (Å²) in [5.74, 6) is -0.697. The summed E-state index contributed by atoms with van der Waals surface area (Å²) in [6.07, 6.45) is 1.66. The fourth-order valence-corrected chi connectivity index (χ4v) is 2.95. The Kier molecular flexibility index (Phi) is 4.62. The number of nitrogens with one attached hydrogen (secondary N) is 1. The summed E-state index contributed by atoms with van der Waals surface area (Å²) >= 11 is 1.54. The van der Waals surface area contributed by atoms with Crippen molar-refractivity contribution in [2.45, 2.75) is 12.5 Å². The molecule has 3 N–H and O–H groups in total. The number of aromatic nitrogens is 4. The van der Waals surface area contributed by atoms with Gasteiger partial charge in [0.2, 0.25) is 11.8 Å². The minimum atomic E-state index is -0.510. The molecule has 24 heavy (non-hydrogen) atoms. The first kappa shape index (κ1) is 15.8. The van der Waals surface area contributed by atoms with E-state index in [0.29, 0.717) is 11.3 Å². The van der Waals surface area contributed by atoms with Gasteiger partial charge < -0.3 is 11.1 Å². The van der Waals surface area contributed by atoms with Gasteiger partial charge in [-0.2, -0.15) is 11.3 Å². The second kappa shape index (κ2) is 7.01. The Morgan fingerprint density at radius 2 is 2.04 bits per heavy atom. The fraction of sp³-hybridized carbons (Fsp3) is 0.133. The monoisotopic (exact) mass is 342 g/mol. The van der Waals surface area contributed by atoms with E-state index in [-0.39, 0.29) is 18.4 Å². The highest BCUT2D eigenvalue weighted by Crippen LogP contribution is 2.23. The molecule has 3 aromatic rings. The fourth-order valence-electron chi connectivity index (χ4n) is 2.25. The van der Waals surface area contributed by atoms with Crippen molar-refractivity contribution in [3.63, 3.8) is 0 Å². The van der Waals surface area contributed by atoms with Gasteiger partial charge in [0.05, 0.1) is 12.5 Å². The van der Waals surface area contributed by atoms with Gasteiger partial charge in [0.25, 0.3) is 0 Å². The molecule has 2 heterocycles. The summed E-state index contributed by atoms with van der Waals surface area (Å²) in [5, 5.41) is 17.8. The Hall–Kier alpha value is -3.07. The summed E-state index contributed by atoms with van der Waals surface area (Å²) in [7, 11) is 0. The van der Waals surface area contributed by atoms with E-state index in [4.69, 9.17) is 5.73 Å². The van der Waals surface area contributed by atoms with E-state index in [1.165, 1.54) is 6.33 Å². The molecular weight excluding hydrogens is 328 g/mol. The van der Waals surface area contributed by atoms with E-state index >= 15 is 0 Å². The molecule has 0 radical (unpaired) electrons. The second-order valence-electron chi connectivity index (χ2n) is 5.06. The van der Waals surface area contributed by atoms with E-state index in [1.54, 1.807) is 40.3 Å². The van der Waals surface area contributed by atoms with Gasteiger partial charge in [0.15, 0.2) is 0 Å². The largest absolute Gasteiger partial charge is 0.366 e. The predicted molar refractivity (Wildman–Crippen MR) is 88.5 cm³/mol. The van der Waals surface area contributed by atoms with Crippen LogP contribution in [0, 0.1) is 0 Å². The maximum Gasteiger partial charge on any atom is 0.248 e. The maximum absolute atomic E-state index is 12.4. The van der Waals surface area contributed by atoms with Crippen LogP contribution < -0.4 is 11.1 Å². The van der Waals surface area contributed by atoms with Crippen molar-refractivity contribution in [3.05, 3.63) is 58.5 Å². The molecule has 0 aliphatic carbocycles. The highest BCUT2D eigenvalue weighted by Gasteiger charge is 2.19. The molecule has 2 aromatic heterocycles. The second-order valence-corrected chi connectivity index (χ2v) is 5.84. The normalized spacial score (nSPS) is 11.8. The Morgan fingerprint density at radius 3 is 2.62 bits per heavy atom. The van der Waals surface area contributed by atoms with Crippen molar-refractivity contribution in [3.8, 4) is 0 Å². The molecule has 3 rings (SSSR count). The number of benzene rings is 1. The average molecular weight is 342 g/mol. The maximum atomic E-state index is 12.4. The van der Waals surface area contributed by atoms with Crippen molar-refractivity contribution in [1.82, 2.24) is 20.2 Å². The van der Waals surface area contributed by atoms with E-state index in [2.05, 4.69) is 20.8 Å². The Balaban J connectivity index is 1.71. The third kappa shape index (κ3) is 3.63. The number of carbonyl (C=O) groups is 2. The summed E-state index contributed by atoms with van der Waals surface area (Å²) in [6.45, 7) is 0. The molecule has 8 nitrogen and oxygen atoms in total. The quantitative estimate of drug-likeness (QED) is 0.703. The van der Waals surface area contributed by atoms with Crippen molar-refractivity contribution in [2.75, 3.05) is 5.32 Å². The average Bonchev–Trinajstić information content (AvgIpc) is 3.27. The van der Waals surface area contributed by atoms with E-state index in [0.717, 1.165) is 5.56 Å². The van der Waals surface area contributed by atoms with Crippen LogP contribution in [0.1, 0.15) is 28.4 Å². The van der Waals surface area contributed by atoms with Gasteiger partial charge in [-0.3, -0.25) is 9.59 Å². The lowest BCUT2D eigenvalue weighted by Gasteiger charge is -2.15. The third-order valence-electron chi connectivity index (χ3n) is 3.44. The summed E-state index contributed by atoms with van der Waals surface area (Å²) in [4.78, 5) is 23.4. The van der Waals surface area contributed by atoms with Crippen LogP contribution in [0.5, 0.6) is 0 Å². The number of carbonyl (C=O) groups excluding carboxylic acids is 2. The number of nitrogens with zero attached hydrogens (tertiary/aromatic N) is 4. The highest BCUT2D eigenvalue weighted by atomic mass is 32.1. The molecule has 0 saturated heterocycles. The Morgan fingerprint density at radius 1 is 1.25 bits per heavy atom. The first-order valence-corrected chi connectivity index (χ1v) is 8.02. The number of thiophene rings is 1. The molecule has 0 aliphatic rings. The van der Waals surface area contributed by atoms with Crippen LogP contribution in [0.15, 0.2) is 47.4 Å². The van der Waals surface area contributed by atoms with Crippen LogP contribution in [0.4, 0.5) is 5.69 Å². The summed E-state index contributed by atoms with van der Waals surface area (Å²) in [5.41, 5.74) is 7.13. The van der Waals surface area contributed by atoms with E-state index in [1.807, 2.05) is 16.8 Å². The van der Waals surface area contributed by atoms with Crippen molar-refractivity contribution >= 4 is 28.8 Å². The summed E-state index contributed by atoms with van der Waals surface area (Å²) in [6, 6.07) is 8.05. The predicted octanol–water partition coefficient (Wildman–Crippen LogP) is 1.45. The lowest BCUT2D eigenvalue weighted by Crippen LogP contribution is -2.20. The van der Waals surface area contributed by atoms with Crippen LogP contribution >= 0.6 is 11.3 Å². The van der Waals surface area contributed by atoms with Gasteiger partial charge in [-0.1, -0.05) is 0 Å². The molecule has 122 valence electrons. The van der Waals surface area contributed by atoms with E-state index in [9.17, 15) is 9.59 Å². The molecule has 0 spiro atoms. The number of rotatable bonds is 6. The van der Waals surface area contributed by atoms with Gasteiger partial charge in [0, 0.05) is 11.3 Å². The van der Waals surface area contributed by atoms with Gasteiger partial charge in [-0.05, 0) is 57.1 Å². The zero-order chi connectivity index (χ0) is 16.9. The van der Waals surface area contributed by atoms with Gasteiger partial charge in [0.1, 0.15) is 6.33 Å². The van der Waals surface area contributed by atoms with Crippen LogP contribution in [0.3, 0.4) is 0 Å². The zero-order valence-corrected chi connectivity index (χ0v) is 13.3. The van der Waals surface area contributed by atoms with Crippen LogP contribution in [0.2, 0.25) is 0 Å². The lowest BCUT2D eigenvalue weighted by atomic mass is 10.1. The Labute approximate surface area is 141 Å². The van der Waals surface area contributed by atoms with Crippen LogP contribution in [0.25, 0.3) is 0 Å². The number of primary amides is 1. The van der Waals surface area contributed by atoms with Gasteiger partial charge in [-0.25, -0.2) is 4.68 Å². The molecule has 0 saturated carbocycles. The van der Waals surface area contributed by atoms with Crippen LogP contribution in [-0.4, -0.2) is 32.0 Å². The number of tetrazole rings is 1. The molecule has 9 heteroatoms. The molecule has 0 bridgehead atoms. The molecule has 0 aliphatic heterocycles. The number of hydrogen-bond acceptors (Lipinski definition) is 6. The minimum absolute atomic E-state index is 0.180. The van der Waals surface area contributed by atoms with Crippen molar-refractivity contribution < 1.29 is 9.59 Å². The van der Waals surface area contributed by atoms with E-state index < -0.39 is 5.91 Å². The number of hydrogen-bond donors (Lipinski definition) is 2.